The van der Waals surface area contributed by atoms with Gasteiger partial charge in [0, 0.05) is 15.7 Å². The highest BCUT2D eigenvalue weighted by Gasteiger charge is 2.43. The maximum absolute atomic E-state index is 13.6. The second-order valence-electron chi connectivity index (χ2n) is 7.70. The number of hydrogen-bond acceptors (Lipinski definition) is 5. The Labute approximate surface area is 203 Å². The SMILES string of the molecule is NC(=O)COc1ccc(C2c3c(oc4ccc(Cl)cc4c3=O)C(=O)N2c2cccc(Cl)c2)cc1. The van der Waals surface area contributed by atoms with E-state index in [1.807, 2.05) is 0 Å². The van der Waals surface area contributed by atoms with E-state index in [1.165, 1.54) is 11.0 Å². The fourth-order valence-corrected chi connectivity index (χ4v) is 4.41. The summed E-state index contributed by atoms with van der Waals surface area (Å²) in [5.74, 6) is -0.697. The molecule has 0 radical (unpaired) electrons. The fourth-order valence-electron chi connectivity index (χ4n) is 4.05. The summed E-state index contributed by atoms with van der Waals surface area (Å²) in [7, 11) is 0. The highest BCUT2D eigenvalue weighted by molar-refractivity contribution is 6.31. The largest absolute Gasteiger partial charge is 0.484 e. The Bertz CT molecular complexity index is 1510. The third-order valence-corrected chi connectivity index (χ3v) is 5.97. The molecule has 3 aromatic carbocycles. The van der Waals surface area contributed by atoms with E-state index in [1.54, 1.807) is 60.7 Å². The monoisotopic (exact) mass is 494 g/mol. The summed E-state index contributed by atoms with van der Waals surface area (Å²) < 4.78 is 11.2. The number of ether oxygens (including phenoxy) is 1. The predicted molar refractivity (Wildman–Crippen MR) is 129 cm³/mol. The number of anilines is 1. The standard InChI is InChI=1S/C25H16Cl2N2O5/c26-14-2-1-3-16(10-14)29-22(13-4-7-17(8-5-13)33-12-20(28)30)21-23(31)18-11-15(27)6-9-19(18)34-24(21)25(29)32/h1-11,22H,12H2,(H2,28,30). The van der Waals surface area contributed by atoms with Crippen LogP contribution in [0.3, 0.4) is 0 Å². The molecule has 1 atom stereocenters. The van der Waals surface area contributed by atoms with Crippen molar-refractivity contribution in [2.24, 2.45) is 5.73 Å². The molecule has 1 unspecified atom stereocenters. The molecular formula is C25H16Cl2N2O5. The average Bonchev–Trinajstić information content (AvgIpc) is 3.11. The van der Waals surface area contributed by atoms with Crippen molar-refractivity contribution in [3.05, 3.63) is 104 Å². The number of carbonyl (C=O) groups excluding carboxylic acids is 2. The molecule has 0 fully saturated rings. The predicted octanol–water partition coefficient (Wildman–Crippen LogP) is 4.71. The molecule has 0 aliphatic carbocycles. The molecule has 9 heteroatoms. The smallest absolute Gasteiger partial charge is 0.295 e. The average molecular weight is 495 g/mol. The number of halogens is 2. The molecule has 2 N–H and O–H groups in total. The van der Waals surface area contributed by atoms with Crippen molar-refractivity contribution in [2.45, 2.75) is 6.04 Å². The van der Waals surface area contributed by atoms with Gasteiger partial charge in [0.05, 0.1) is 17.0 Å². The van der Waals surface area contributed by atoms with Gasteiger partial charge in [-0.25, -0.2) is 0 Å². The van der Waals surface area contributed by atoms with E-state index in [9.17, 15) is 14.4 Å². The zero-order chi connectivity index (χ0) is 24.0. The molecule has 170 valence electrons. The number of amides is 2. The molecule has 2 heterocycles. The van der Waals surface area contributed by atoms with Crippen molar-refractivity contribution < 1.29 is 18.7 Å². The number of benzene rings is 3. The van der Waals surface area contributed by atoms with Crippen LogP contribution < -0.4 is 20.8 Å². The second kappa shape index (κ2) is 8.52. The van der Waals surface area contributed by atoms with Crippen LogP contribution in [-0.2, 0) is 4.79 Å². The minimum Gasteiger partial charge on any atom is -0.484 e. The number of nitrogens with zero attached hydrogens (tertiary/aromatic N) is 1. The first-order valence-electron chi connectivity index (χ1n) is 10.2. The molecular weight excluding hydrogens is 479 g/mol. The first kappa shape index (κ1) is 22.0. The summed E-state index contributed by atoms with van der Waals surface area (Å²) in [4.78, 5) is 39.6. The van der Waals surface area contributed by atoms with E-state index in [0.717, 1.165) is 0 Å². The van der Waals surface area contributed by atoms with Gasteiger partial charge in [-0.2, -0.15) is 0 Å². The Balaban J connectivity index is 1.70. The topological polar surface area (TPSA) is 103 Å². The Morgan fingerprint density at radius 2 is 1.74 bits per heavy atom. The highest BCUT2D eigenvalue weighted by Crippen LogP contribution is 2.42. The van der Waals surface area contributed by atoms with Gasteiger partial charge in [-0.15, -0.1) is 0 Å². The van der Waals surface area contributed by atoms with Crippen LogP contribution in [0, 0.1) is 0 Å². The number of rotatable bonds is 5. The zero-order valence-electron chi connectivity index (χ0n) is 17.5. The number of primary amides is 1. The van der Waals surface area contributed by atoms with E-state index >= 15 is 0 Å². The van der Waals surface area contributed by atoms with E-state index in [0.29, 0.717) is 27.0 Å². The lowest BCUT2D eigenvalue weighted by atomic mass is 9.98. The van der Waals surface area contributed by atoms with Gasteiger partial charge in [0.15, 0.2) is 12.0 Å². The van der Waals surface area contributed by atoms with Crippen LogP contribution in [0.1, 0.15) is 27.7 Å². The molecule has 2 amide bonds. The van der Waals surface area contributed by atoms with E-state index in [4.69, 9.17) is 38.1 Å². The molecule has 7 nitrogen and oxygen atoms in total. The highest BCUT2D eigenvalue weighted by atomic mass is 35.5. The van der Waals surface area contributed by atoms with Gasteiger partial charge >= 0.3 is 0 Å². The summed E-state index contributed by atoms with van der Waals surface area (Å²) in [6, 6.07) is 17.4. The van der Waals surface area contributed by atoms with Gasteiger partial charge in [0.1, 0.15) is 11.3 Å². The van der Waals surface area contributed by atoms with Crippen molar-refractivity contribution in [3.63, 3.8) is 0 Å². The third-order valence-electron chi connectivity index (χ3n) is 5.50. The van der Waals surface area contributed by atoms with E-state index < -0.39 is 17.9 Å². The van der Waals surface area contributed by atoms with E-state index in [2.05, 4.69) is 0 Å². The van der Waals surface area contributed by atoms with Gasteiger partial charge < -0.3 is 14.9 Å². The number of carbonyl (C=O) groups is 2. The van der Waals surface area contributed by atoms with Crippen LogP contribution in [0.15, 0.2) is 75.9 Å². The van der Waals surface area contributed by atoms with Crippen molar-refractivity contribution in [2.75, 3.05) is 11.5 Å². The lowest BCUT2D eigenvalue weighted by molar-refractivity contribution is -0.119. The van der Waals surface area contributed by atoms with Gasteiger partial charge in [-0.05, 0) is 54.1 Å². The Kier molecular flexibility index (Phi) is 5.51. The molecule has 5 rings (SSSR count). The van der Waals surface area contributed by atoms with E-state index in [-0.39, 0.29) is 34.3 Å². The van der Waals surface area contributed by atoms with Crippen molar-refractivity contribution >= 4 is 51.7 Å². The van der Waals surface area contributed by atoms with Crippen LogP contribution >= 0.6 is 23.2 Å². The maximum atomic E-state index is 13.6. The normalized spacial score (nSPS) is 14.9. The Hall–Kier alpha value is -3.81. The quantitative estimate of drug-likeness (QED) is 0.432. The van der Waals surface area contributed by atoms with Crippen molar-refractivity contribution in [3.8, 4) is 5.75 Å². The minimum atomic E-state index is -0.786. The van der Waals surface area contributed by atoms with Gasteiger partial charge in [-0.1, -0.05) is 41.4 Å². The van der Waals surface area contributed by atoms with Crippen LogP contribution in [0.5, 0.6) is 5.75 Å². The molecule has 0 spiro atoms. The molecule has 1 aromatic heterocycles. The van der Waals surface area contributed by atoms with Crippen LogP contribution in [0.2, 0.25) is 10.0 Å². The zero-order valence-corrected chi connectivity index (χ0v) is 19.0. The van der Waals surface area contributed by atoms with Crippen molar-refractivity contribution in [1.82, 2.24) is 0 Å². The second-order valence-corrected chi connectivity index (χ2v) is 8.57. The molecule has 34 heavy (non-hydrogen) atoms. The fraction of sp³-hybridized carbons (Fsp3) is 0.0800. The molecule has 1 aliphatic rings. The number of fused-ring (bicyclic) bond motifs is 2. The minimum absolute atomic E-state index is 0.0427. The maximum Gasteiger partial charge on any atom is 0.295 e. The first-order chi connectivity index (χ1) is 16.3. The summed E-state index contributed by atoms with van der Waals surface area (Å²) in [6.45, 7) is -0.269. The molecule has 1 aliphatic heterocycles. The molecule has 0 bridgehead atoms. The Morgan fingerprint density at radius 1 is 1.00 bits per heavy atom. The molecule has 0 saturated heterocycles. The van der Waals surface area contributed by atoms with Crippen LogP contribution in [0.25, 0.3) is 11.0 Å². The number of hydrogen-bond donors (Lipinski definition) is 1. The third kappa shape index (κ3) is 3.79. The van der Waals surface area contributed by atoms with Crippen LogP contribution in [0.4, 0.5) is 5.69 Å². The van der Waals surface area contributed by atoms with Crippen molar-refractivity contribution in [1.29, 1.82) is 0 Å². The molecule has 4 aromatic rings. The summed E-state index contributed by atoms with van der Waals surface area (Å²) in [5, 5.41) is 1.09. The van der Waals surface area contributed by atoms with Gasteiger partial charge in [0.2, 0.25) is 5.76 Å². The summed E-state index contributed by atoms with van der Waals surface area (Å²) >= 11 is 12.3. The van der Waals surface area contributed by atoms with Gasteiger partial charge in [0.25, 0.3) is 11.8 Å². The summed E-state index contributed by atoms with van der Waals surface area (Å²) in [6.07, 6.45) is 0. The lowest BCUT2D eigenvalue weighted by Crippen LogP contribution is -2.29. The number of nitrogens with two attached hydrogens (primary N) is 1. The van der Waals surface area contributed by atoms with Crippen LogP contribution in [-0.4, -0.2) is 18.4 Å². The lowest BCUT2D eigenvalue weighted by Gasteiger charge is -2.25. The first-order valence-corrected chi connectivity index (χ1v) is 11.0. The Morgan fingerprint density at radius 3 is 2.44 bits per heavy atom. The summed E-state index contributed by atoms with van der Waals surface area (Å²) in [5.41, 5.74) is 6.38. The molecule has 0 saturated carbocycles. The van der Waals surface area contributed by atoms with Gasteiger partial charge in [-0.3, -0.25) is 19.3 Å².